The van der Waals surface area contributed by atoms with Crippen LogP contribution in [0.25, 0.3) is 0 Å². The van der Waals surface area contributed by atoms with Gasteiger partial charge in [0.2, 0.25) is 0 Å². The summed E-state index contributed by atoms with van der Waals surface area (Å²) < 4.78 is 4.79. The molecule has 5 heteroatoms. The molecule has 1 fully saturated rings. The number of carbonyl (C=O) groups excluding carboxylic acids is 1. The third kappa shape index (κ3) is 3.48. The maximum absolute atomic E-state index is 11.5. The third-order valence-corrected chi connectivity index (χ3v) is 3.62. The number of carboxylic acid groups (broad SMARTS) is 1. The first kappa shape index (κ1) is 14.5. The lowest BCUT2D eigenvalue weighted by molar-refractivity contribution is -0.146. The zero-order chi connectivity index (χ0) is 13.6. The molecule has 1 saturated carbocycles. The van der Waals surface area contributed by atoms with E-state index in [9.17, 15) is 14.7 Å². The highest BCUT2D eigenvalue weighted by Crippen LogP contribution is 2.34. The minimum absolute atomic E-state index is 0.0825. The van der Waals surface area contributed by atoms with E-state index in [0.29, 0.717) is 18.8 Å². The molecule has 2 N–H and O–H groups in total. The Balaban J connectivity index is 2.62. The van der Waals surface area contributed by atoms with Gasteiger partial charge in [-0.2, -0.15) is 0 Å². The number of rotatable bonds is 5. The van der Waals surface area contributed by atoms with Gasteiger partial charge in [0.05, 0.1) is 0 Å². The van der Waals surface area contributed by atoms with E-state index in [2.05, 4.69) is 18.8 Å². The topological polar surface area (TPSA) is 75.6 Å². The summed E-state index contributed by atoms with van der Waals surface area (Å²) in [4.78, 5) is 22.9. The molecular weight excluding hydrogens is 234 g/mol. The molecule has 0 aromatic heterocycles. The van der Waals surface area contributed by atoms with Gasteiger partial charge < -0.3 is 15.2 Å². The predicted octanol–water partition coefficient (Wildman–Crippen LogP) is 2.32. The average Bonchev–Trinajstić information content (AvgIpc) is 2.37. The summed E-state index contributed by atoms with van der Waals surface area (Å²) in [6.07, 6.45) is 4.38. The molecular formula is C13H21NO4. The van der Waals surface area contributed by atoms with Crippen LogP contribution in [-0.4, -0.2) is 29.3 Å². The summed E-state index contributed by atoms with van der Waals surface area (Å²) in [6, 6.07) is 0. The van der Waals surface area contributed by atoms with Gasteiger partial charge >= 0.3 is 12.1 Å². The van der Waals surface area contributed by atoms with E-state index in [1.807, 2.05) is 0 Å². The van der Waals surface area contributed by atoms with E-state index in [0.717, 1.165) is 19.3 Å². The Morgan fingerprint density at radius 1 is 1.50 bits per heavy atom. The maximum Gasteiger partial charge on any atom is 0.408 e. The van der Waals surface area contributed by atoms with Gasteiger partial charge in [-0.1, -0.05) is 26.0 Å². The molecule has 1 aliphatic carbocycles. The highest BCUT2D eigenvalue weighted by molar-refractivity contribution is 5.84. The van der Waals surface area contributed by atoms with Gasteiger partial charge in [0, 0.05) is 0 Å². The quantitative estimate of drug-likeness (QED) is 0.739. The molecule has 0 radical (unpaired) electrons. The third-order valence-electron chi connectivity index (χ3n) is 3.62. The number of hydrogen-bond acceptors (Lipinski definition) is 3. The fourth-order valence-corrected chi connectivity index (χ4v) is 2.34. The number of alkyl carbamates (subject to hydrolysis) is 1. The largest absolute Gasteiger partial charge is 0.480 e. The van der Waals surface area contributed by atoms with Crippen LogP contribution in [0, 0.1) is 5.92 Å². The van der Waals surface area contributed by atoms with Gasteiger partial charge in [0.25, 0.3) is 0 Å². The molecule has 0 aliphatic heterocycles. The van der Waals surface area contributed by atoms with Crippen molar-refractivity contribution >= 4 is 12.1 Å². The van der Waals surface area contributed by atoms with E-state index < -0.39 is 17.6 Å². The van der Waals surface area contributed by atoms with Crippen molar-refractivity contribution in [3.63, 3.8) is 0 Å². The summed E-state index contributed by atoms with van der Waals surface area (Å²) in [7, 11) is 0. The lowest BCUT2D eigenvalue weighted by Crippen LogP contribution is -2.56. The monoisotopic (exact) mass is 255 g/mol. The van der Waals surface area contributed by atoms with E-state index in [4.69, 9.17) is 4.74 Å². The van der Waals surface area contributed by atoms with Crippen molar-refractivity contribution in [2.24, 2.45) is 5.92 Å². The molecule has 18 heavy (non-hydrogen) atoms. The van der Waals surface area contributed by atoms with Crippen LogP contribution in [0.1, 0.15) is 39.0 Å². The van der Waals surface area contributed by atoms with Crippen molar-refractivity contribution < 1.29 is 19.4 Å². The molecule has 1 aliphatic rings. The Morgan fingerprint density at radius 3 is 2.56 bits per heavy atom. The van der Waals surface area contributed by atoms with Crippen molar-refractivity contribution in [3.8, 4) is 0 Å². The molecule has 0 aromatic rings. The van der Waals surface area contributed by atoms with E-state index in [-0.39, 0.29) is 6.61 Å². The number of amides is 1. The molecule has 0 unspecified atom stereocenters. The van der Waals surface area contributed by atoms with Crippen molar-refractivity contribution in [1.82, 2.24) is 5.32 Å². The molecule has 0 saturated heterocycles. The number of hydrogen-bond donors (Lipinski definition) is 2. The number of carboxylic acids is 1. The molecule has 5 nitrogen and oxygen atoms in total. The number of aliphatic carboxylic acids is 1. The summed E-state index contributed by atoms with van der Waals surface area (Å²) >= 11 is 0. The van der Waals surface area contributed by atoms with Gasteiger partial charge in [0.15, 0.2) is 0 Å². The van der Waals surface area contributed by atoms with E-state index in [1.165, 1.54) is 6.08 Å². The Labute approximate surface area is 107 Å². The first-order chi connectivity index (χ1) is 8.54. The number of carbonyl (C=O) groups is 2. The predicted molar refractivity (Wildman–Crippen MR) is 67.3 cm³/mol. The zero-order valence-corrected chi connectivity index (χ0v) is 10.8. The van der Waals surface area contributed by atoms with Crippen LogP contribution in [0.2, 0.25) is 0 Å². The fourth-order valence-electron chi connectivity index (χ4n) is 2.34. The maximum atomic E-state index is 11.5. The minimum atomic E-state index is -1.16. The van der Waals surface area contributed by atoms with E-state index >= 15 is 0 Å². The van der Waals surface area contributed by atoms with Crippen molar-refractivity contribution in [3.05, 3.63) is 12.7 Å². The van der Waals surface area contributed by atoms with Crippen LogP contribution in [0.15, 0.2) is 12.7 Å². The van der Waals surface area contributed by atoms with Crippen LogP contribution < -0.4 is 5.32 Å². The first-order valence-corrected chi connectivity index (χ1v) is 6.33. The van der Waals surface area contributed by atoms with Gasteiger partial charge in [-0.15, -0.1) is 0 Å². The molecule has 0 spiro atoms. The average molecular weight is 255 g/mol. The summed E-state index contributed by atoms with van der Waals surface area (Å²) in [6.45, 7) is 5.62. The highest BCUT2D eigenvalue weighted by Gasteiger charge is 2.43. The highest BCUT2D eigenvalue weighted by atomic mass is 16.5. The molecule has 102 valence electrons. The second kappa shape index (κ2) is 6.42. The van der Waals surface area contributed by atoms with Crippen LogP contribution in [0.3, 0.4) is 0 Å². The Kier molecular flexibility index (Phi) is 5.19. The van der Waals surface area contributed by atoms with Gasteiger partial charge in [-0.3, -0.25) is 0 Å². The first-order valence-electron chi connectivity index (χ1n) is 6.33. The van der Waals surface area contributed by atoms with E-state index in [1.54, 1.807) is 0 Å². The smallest absolute Gasteiger partial charge is 0.408 e. The number of ether oxygens (including phenoxy) is 1. The molecule has 0 atom stereocenters. The van der Waals surface area contributed by atoms with Crippen LogP contribution >= 0.6 is 0 Å². The lowest BCUT2D eigenvalue weighted by Gasteiger charge is -2.36. The van der Waals surface area contributed by atoms with Gasteiger partial charge in [-0.25, -0.2) is 9.59 Å². The molecule has 1 amide bonds. The summed E-state index contributed by atoms with van der Waals surface area (Å²) in [5, 5.41) is 11.8. The SMILES string of the molecule is C=CCOC(=O)NC1(C(=O)O)CCC(CC)CC1. The molecule has 0 aromatic carbocycles. The number of nitrogens with one attached hydrogen (secondary N) is 1. The van der Waals surface area contributed by atoms with Gasteiger partial charge in [0.1, 0.15) is 12.1 Å². The fraction of sp³-hybridized carbons (Fsp3) is 0.692. The molecule has 0 bridgehead atoms. The van der Waals surface area contributed by atoms with Crippen molar-refractivity contribution in [2.75, 3.05) is 6.61 Å². The van der Waals surface area contributed by atoms with Crippen LogP contribution in [-0.2, 0) is 9.53 Å². The minimum Gasteiger partial charge on any atom is -0.480 e. The van der Waals surface area contributed by atoms with Crippen molar-refractivity contribution in [2.45, 2.75) is 44.6 Å². The summed E-state index contributed by atoms with van der Waals surface area (Å²) in [5.74, 6) is -0.420. The Hall–Kier alpha value is -1.52. The molecule has 1 rings (SSSR count). The van der Waals surface area contributed by atoms with Crippen LogP contribution in [0.5, 0.6) is 0 Å². The van der Waals surface area contributed by atoms with Crippen molar-refractivity contribution in [1.29, 1.82) is 0 Å². The Morgan fingerprint density at radius 2 is 2.11 bits per heavy atom. The summed E-state index contributed by atoms with van der Waals surface area (Å²) in [5.41, 5.74) is -1.16. The second-order valence-corrected chi connectivity index (χ2v) is 4.75. The Bertz CT molecular complexity index is 319. The second-order valence-electron chi connectivity index (χ2n) is 4.75. The van der Waals surface area contributed by atoms with Gasteiger partial charge in [-0.05, 0) is 31.6 Å². The molecule has 0 heterocycles. The zero-order valence-electron chi connectivity index (χ0n) is 10.8. The lowest BCUT2D eigenvalue weighted by atomic mass is 9.75. The normalized spacial score (nSPS) is 27.3. The van der Waals surface area contributed by atoms with Crippen LogP contribution in [0.4, 0.5) is 4.79 Å². The standard InChI is InChI=1S/C13H21NO4/c1-3-9-18-12(17)14-13(11(15)16)7-5-10(4-2)6-8-13/h3,10H,1,4-9H2,2H3,(H,14,17)(H,15,16).